The Bertz CT molecular complexity index is 1410. The maximum atomic E-state index is 12.8. The van der Waals surface area contributed by atoms with Crippen LogP contribution >= 0.6 is 0 Å². The Morgan fingerprint density at radius 3 is 1.27 bits per heavy atom. The van der Waals surface area contributed by atoms with E-state index in [1.807, 2.05) is 0 Å². The highest BCUT2D eigenvalue weighted by Gasteiger charge is 2.25. The van der Waals surface area contributed by atoms with E-state index in [2.05, 4.69) is 111 Å². The van der Waals surface area contributed by atoms with Gasteiger partial charge in [0.05, 0.1) is 40.3 Å². The van der Waals surface area contributed by atoms with Gasteiger partial charge in [0.1, 0.15) is 12.6 Å². The molecule has 0 rings (SSSR count). The van der Waals surface area contributed by atoms with Crippen molar-refractivity contribution in [3.8, 4) is 0 Å². The van der Waals surface area contributed by atoms with E-state index >= 15 is 0 Å². The first-order valence-corrected chi connectivity index (χ1v) is 26.8. The monoisotopic (exact) mass is 934 g/mol. The van der Waals surface area contributed by atoms with Crippen molar-refractivity contribution in [3.05, 3.63) is 97.2 Å². The number of unbranched alkanes of at least 4 members (excludes halogenated alkanes) is 17. The number of nitrogens with zero attached hydrogens (tertiary/aromatic N) is 1. The molecule has 2 atom stereocenters. The molecule has 0 fully saturated rings. The number of carbonyl (C=O) groups excluding carboxylic acids is 3. The second kappa shape index (κ2) is 48.7. The maximum absolute atomic E-state index is 12.8. The lowest BCUT2D eigenvalue weighted by Gasteiger charge is -2.34. The molecule has 0 bridgehead atoms. The number of hydrogen-bond acceptors (Lipinski definition) is 7. The molecule has 2 unspecified atom stereocenters. The SMILES string of the molecule is CC/C=C/C/C=C/C/C=C/C/C=C/C/C=C/C/C=C/CCCCC(=O)OC(COCCC(C(=O)[O-])[N+](C)(C)C)COC(=O)CCCCCCCCC/C=C/C/C=C/CCCCCCCCCC. The normalized spacial score (nSPS) is 13.6. The molecule has 0 aliphatic carbocycles. The van der Waals surface area contributed by atoms with Crippen LogP contribution in [0.1, 0.15) is 206 Å². The molecule has 0 spiro atoms. The molecule has 0 aromatic heterocycles. The number of hydrogen-bond donors (Lipinski definition) is 0. The summed E-state index contributed by atoms with van der Waals surface area (Å²) in [6.07, 6.45) is 65.9. The van der Waals surface area contributed by atoms with Crippen molar-refractivity contribution in [1.29, 1.82) is 0 Å². The number of likely N-dealkylation sites (N-methyl/N-ethyl adjacent to an activating group) is 1. The number of quaternary nitrogens is 1. The van der Waals surface area contributed by atoms with E-state index in [9.17, 15) is 19.5 Å². The highest BCUT2D eigenvalue weighted by molar-refractivity contribution is 5.70. The lowest BCUT2D eigenvalue weighted by Crippen LogP contribution is -2.55. The predicted octanol–water partition coefficient (Wildman–Crippen LogP) is 14.5. The smallest absolute Gasteiger partial charge is 0.306 e. The van der Waals surface area contributed by atoms with Crippen molar-refractivity contribution in [2.75, 3.05) is 41.0 Å². The topological polar surface area (TPSA) is 102 Å². The minimum Gasteiger partial charge on any atom is -0.544 e. The zero-order valence-corrected chi connectivity index (χ0v) is 43.5. The van der Waals surface area contributed by atoms with Gasteiger partial charge >= 0.3 is 11.9 Å². The van der Waals surface area contributed by atoms with Crippen LogP contribution in [0.4, 0.5) is 0 Å². The summed E-state index contributed by atoms with van der Waals surface area (Å²) in [5.74, 6) is -1.81. The van der Waals surface area contributed by atoms with Crippen molar-refractivity contribution in [1.82, 2.24) is 0 Å². The molecule has 0 aromatic rings. The van der Waals surface area contributed by atoms with Gasteiger partial charge in [-0.25, -0.2) is 0 Å². The zero-order valence-electron chi connectivity index (χ0n) is 43.5. The number of allylic oxidation sites excluding steroid dienone is 16. The first-order valence-electron chi connectivity index (χ1n) is 26.8. The molecule has 0 aromatic carbocycles. The van der Waals surface area contributed by atoms with Crippen LogP contribution in [0.5, 0.6) is 0 Å². The van der Waals surface area contributed by atoms with Gasteiger partial charge < -0.3 is 28.6 Å². The number of carboxylic acid groups (broad SMARTS) is 1. The van der Waals surface area contributed by atoms with Gasteiger partial charge in [0.2, 0.25) is 0 Å². The highest BCUT2D eigenvalue weighted by atomic mass is 16.6. The summed E-state index contributed by atoms with van der Waals surface area (Å²) in [5, 5.41) is 11.7. The first kappa shape index (κ1) is 63.2. The Kier molecular flexibility index (Phi) is 46.0. The molecule has 8 nitrogen and oxygen atoms in total. The zero-order chi connectivity index (χ0) is 49.2. The van der Waals surface area contributed by atoms with E-state index in [1.165, 1.54) is 83.5 Å². The van der Waals surface area contributed by atoms with Crippen LogP contribution in [0, 0.1) is 0 Å². The van der Waals surface area contributed by atoms with Crippen molar-refractivity contribution < 1.29 is 38.2 Å². The molecule has 382 valence electrons. The van der Waals surface area contributed by atoms with Gasteiger partial charge in [0, 0.05) is 19.3 Å². The van der Waals surface area contributed by atoms with Gasteiger partial charge in [-0.1, -0.05) is 188 Å². The molecule has 0 N–H and O–H groups in total. The van der Waals surface area contributed by atoms with Gasteiger partial charge in [-0.2, -0.15) is 0 Å². The molecule has 0 aliphatic rings. The second-order valence-corrected chi connectivity index (χ2v) is 18.7. The number of carbonyl (C=O) groups is 3. The molecule has 0 aliphatic heterocycles. The summed E-state index contributed by atoms with van der Waals surface area (Å²) in [6.45, 7) is 4.49. The first-order chi connectivity index (χ1) is 32.6. The summed E-state index contributed by atoms with van der Waals surface area (Å²) in [6, 6.07) is -0.742. The number of aliphatic carboxylic acids is 1. The third kappa shape index (κ3) is 47.1. The van der Waals surface area contributed by atoms with Crippen LogP contribution in [0.3, 0.4) is 0 Å². The van der Waals surface area contributed by atoms with Crippen LogP contribution in [0.2, 0.25) is 0 Å². The number of rotatable bonds is 47. The van der Waals surface area contributed by atoms with Crippen molar-refractivity contribution in [2.24, 2.45) is 0 Å². The minimum absolute atomic E-state index is 0.0146. The Morgan fingerprint density at radius 2 is 0.836 bits per heavy atom. The summed E-state index contributed by atoms with van der Waals surface area (Å²) < 4.78 is 17.2. The Labute approximate surface area is 411 Å². The lowest BCUT2D eigenvalue weighted by atomic mass is 10.1. The molecule has 0 heterocycles. The van der Waals surface area contributed by atoms with Crippen LogP contribution in [-0.2, 0) is 28.6 Å². The second-order valence-electron chi connectivity index (χ2n) is 18.7. The standard InChI is InChI=1S/C59H99NO7/c1-6-8-10-12-14-16-18-20-22-24-26-28-30-31-33-35-37-39-41-43-45-47-49-57(61)66-54-55(53-65-52-51-56(59(63)64)60(3,4)5)67-58(62)50-48-46-44-42-40-38-36-34-32-29-27-25-23-21-19-17-15-13-11-9-7-2/h9,11,15,17,21,23-24,26-27,29-31,34,36,40,42,55-56H,6-8,10,12-14,16,18-20,22,25,28,32-33,35,37-39,41,43-54H2,1-5H3/b11-9+,17-15+,23-21+,26-24+,29-27+,31-30+,36-34+,42-40+. The number of ether oxygens (including phenoxy) is 3. The predicted molar refractivity (Wildman–Crippen MR) is 281 cm³/mol. The van der Waals surface area contributed by atoms with E-state index in [0.29, 0.717) is 12.8 Å². The van der Waals surface area contributed by atoms with Gasteiger partial charge in [-0.3, -0.25) is 9.59 Å². The van der Waals surface area contributed by atoms with Crippen molar-refractivity contribution in [3.63, 3.8) is 0 Å². The molecule has 8 heteroatoms. The molecule has 67 heavy (non-hydrogen) atoms. The molecule has 0 radical (unpaired) electrons. The fraction of sp³-hybridized carbons (Fsp3) is 0.678. The Hall–Kier alpha value is -3.75. The van der Waals surface area contributed by atoms with E-state index in [-0.39, 0.29) is 49.1 Å². The quantitative estimate of drug-likeness (QED) is 0.0259. The Morgan fingerprint density at radius 1 is 0.463 bits per heavy atom. The average molecular weight is 934 g/mol. The van der Waals surface area contributed by atoms with Crippen molar-refractivity contribution >= 4 is 17.9 Å². The van der Waals surface area contributed by atoms with E-state index < -0.39 is 18.1 Å². The van der Waals surface area contributed by atoms with Crippen LogP contribution in [-0.4, -0.2) is 75.5 Å². The summed E-state index contributed by atoms with van der Waals surface area (Å²) in [4.78, 5) is 37.1. The van der Waals surface area contributed by atoms with Gasteiger partial charge in [-0.05, 0) is 96.3 Å². The third-order valence-electron chi connectivity index (χ3n) is 11.5. The van der Waals surface area contributed by atoms with Gasteiger partial charge in [-0.15, -0.1) is 0 Å². The van der Waals surface area contributed by atoms with Crippen LogP contribution in [0.25, 0.3) is 0 Å². The fourth-order valence-corrected chi connectivity index (χ4v) is 7.34. The summed E-state index contributed by atoms with van der Waals surface area (Å²) in [7, 11) is 5.39. The third-order valence-corrected chi connectivity index (χ3v) is 11.5. The molecular formula is C59H99NO7. The molecule has 0 saturated carbocycles. The minimum atomic E-state index is -1.14. The van der Waals surface area contributed by atoms with Crippen molar-refractivity contribution in [2.45, 2.75) is 219 Å². The van der Waals surface area contributed by atoms with Crippen LogP contribution < -0.4 is 5.11 Å². The highest BCUT2D eigenvalue weighted by Crippen LogP contribution is 2.14. The maximum Gasteiger partial charge on any atom is 0.306 e. The van der Waals surface area contributed by atoms with Crippen LogP contribution in [0.15, 0.2) is 97.2 Å². The number of carboxylic acids is 1. The summed E-state index contributed by atoms with van der Waals surface area (Å²) in [5.41, 5.74) is 0. The van der Waals surface area contributed by atoms with E-state index in [1.54, 1.807) is 21.1 Å². The molecule has 0 amide bonds. The number of esters is 2. The lowest BCUT2D eigenvalue weighted by molar-refractivity contribution is -0.889. The average Bonchev–Trinajstić information content (AvgIpc) is 3.29. The Balaban J connectivity index is 4.34. The fourth-order valence-electron chi connectivity index (χ4n) is 7.34. The van der Waals surface area contributed by atoms with E-state index in [4.69, 9.17) is 14.2 Å². The largest absolute Gasteiger partial charge is 0.544 e. The van der Waals surface area contributed by atoms with Gasteiger partial charge in [0.15, 0.2) is 6.10 Å². The molecular weight excluding hydrogens is 835 g/mol. The summed E-state index contributed by atoms with van der Waals surface area (Å²) >= 11 is 0. The molecule has 0 saturated heterocycles. The van der Waals surface area contributed by atoms with Gasteiger partial charge in [0.25, 0.3) is 0 Å². The van der Waals surface area contributed by atoms with E-state index in [0.717, 1.165) is 83.5 Å².